The van der Waals surface area contributed by atoms with Crippen molar-refractivity contribution in [2.75, 3.05) is 20.3 Å². The lowest BCUT2D eigenvalue weighted by molar-refractivity contribution is 0.106. The van der Waals surface area contributed by atoms with E-state index in [1.165, 1.54) is 0 Å². The Labute approximate surface area is 130 Å². The third-order valence-corrected chi connectivity index (χ3v) is 3.13. The fraction of sp³-hybridized carbons (Fsp3) is 0.278. The van der Waals surface area contributed by atoms with Crippen molar-refractivity contribution in [3.8, 4) is 11.5 Å². The first-order chi connectivity index (χ1) is 10.8. The fourth-order valence-electron chi connectivity index (χ4n) is 1.99. The highest BCUT2D eigenvalue weighted by atomic mass is 16.5. The molecule has 0 unspecified atom stereocenters. The van der Waals surface area contributed by atoms with E-state index in [4.69, 9.17) is 14.2 Å². The molecule has 0 aromatic heterocycles. The summed E-state index contributed by atoms with van der Waals surface area (Å²) in [6.07, 6.45) is 1.55. The van der Waals surface area contributed by atoms with Gasteiger partial charge in [0.15, 0.2) is 11.5 Å². The Bertz CT molecular complexity index is 581. The van der Waals surface area contributed by atoms with Crippen molar-refractivity contribution >= 4 is 6.29 Å². The third-order valence-electron chi connectivity index (χ3n) is 3.13. The average Bonchev–Trinajstić information content (AvgIpc) is 2.58. The maximum Gasteiger partial charge on any atom is 0.161 e. The SMILES string of the molecule is COc1ccc(C=O)cc1OCCCOCc1ccccc1. The number of benzene rings is 2. The van der Waals surface area contributed by atoms with Gasteiger partial charge in [-0.25, -0.2) is 0 Å². The standard InChI is InChI=1S/C18H20O4/c1-20-17-9-8-16(13-19)12-18(17)22-11-5-10-21-14-15-6-3-2-4-7-15/h2-4,6-9,12-13H,5,10-11,14H2,1H3. The first kappa shape index (κ1) is 16.0. The smallest absolute Gasteiger partial charge is 0.161 e. The van der Waals surface area contributed by atoms with Gasteiger partial charge >= 0.3 is 0 Å². The van der Waals surface area contributed by atoms with Crippen LogP contribution in [-0.4, -0.2) is 26.6 Å². The molecular weight excluding hydrogens is 280 g/mol. The van der Waals surface area contributed by atoms with Gasteiger partial charge in [0.25, 0.3) is 0 Å². The van der Waals surface area contributed by atoms with E-state index in [0.717, 1.165) is 18.3 Å². The molecule has 116 valence electrons. The van der Waals surface area contributed by atoms with Gasteiger partial charge in [0.1, 0.15) is 6.29 Å². The minimum Gasteiger partial charge on any atom is -0.493 e. The molecule has 0 radical (unpaired) electrons. The van der Waals surface area contributed by atoms with Crippen LogP contribution in [0.5, 0.6) is 11.5 Å². The molecule has 22 heavy (non-hydrogen) atoms. The van der Waals surface area contributed by atoms with Gasteiger partial charge in [0.2, 0.25) is 0 Å². The molecule has 0 N–H and O–H groups in total. The van der Waals surface area contributed by atoms with E-state index in [0.29, 0.717) is 36.9 Å². The van der Waals surface area contributed by atoms with Gasteiger partial charge in [-0.2, -0.15) is 0 Å². The van der Waals surface area contributed by atoms with E-state index >= 15 is 0 Å². The summed E-state index contributed by atoms with van der Waals surface area (Å²) in [4.78, 5) is 10.8. The number of carbonyl (C=O) groups excluding carboxylic acids is 1. The molecule has 0 amide bonds. The van der Waals surface area contributed by atoms with Gasteiger partial charge in [0, 0.05) is 12.0 Å². The number of ether oxygens (including phenoxy) is 3. The summed E-state index contributed by atoms with van der Waals surface area (Å²) in [6.45, 7) is 1.73. The number of hydrogen-bond donors (Lipinski definition) is 0. The van der Waals surface area contributed by atoms with Crippen LogP contribution >= 0.6 is 0 Å². The first-order valence-electron chi connectivity index (χ1n) is 7.21. The second-order valence-electron chi connectivity index (χ2n) is 4.77. The molecule has 0 aliphatic carbocycles. The summed E-state index contributed by atoms with van der Waals surface area (Å²) < 4.78 is 16.5. The van der Waals surface area contributed by atoms with E-state index in [-0.39, 0.29) is 0 Å². The normalized spacial score (nSPS) is 10.2. The van der Waals surface area contributed by atoms with Gasteiger partial charge in [-0.15, -0.1) is 0 Å². The van der Waals surface area contributed by atoms with Crippen molar-refractivity contribution in [2.45, 2.75) is 13.0 Å². The van der Waals surface area contributed by atoms with Crippen molar-refractivity contribution < 1.29 is 19.0 Å². The number of hydrogen-bond acceptors (Lipinski definition) is 4. The number of carbonyl (C=O) groups is 1. The summed E-state index contributed by atoms with van der Waals surface area (Å²) >= 11 is 0. The van der Waals surface area contributed by atoms with Gasteiger partial charge in [-0.3, -0.25) is 4.79 Å². The molecule has 0 saturated heterocycles. The van der Waals surface area contributed by atoms with Crippen LogP contribution in [0.15, 0.2) is 48.5 Å². The molecule has 0 spiro atoms. The van der Waals surface area contributed by atoms with Crippen LogP contribution in [0.2, 0.25) is 0 Å². The van der Waals surface area contributed by atoms with E-state index in [2.05, 4.69) is 0 Å². The number of methoxy groups -OCH3 is 1. The summed E-state index contributed by atoms with van der Waals surface area (Å²) in [5.41, 5.74) is 1.72. The average molecular weight is 300 g/mol. The molecule has 0 fully saturated rings. The Kier molecular flexibility index (Phi) is 6.45. The molecule has 0 heterocycles. The van der Waals surface area contributed by atoms with Crippen molar-refractivity contribution in [3.05, 3.63) is 59.7 Å². The Hall–Kier alpha value is -2.33. The molecule has 2 rings (SSSR count). The predicted octanol–water partition coefficient (Wildman–Crippen LogP) is 3.49. The predicted molar refractivity (Wildman–Crippen MR) is 84.6 cm³/mol. The highest BCUT2D eigenvalue weighted by Gasteiger charge is 2.05. The summed E-state index contributed by atoms with van der Waals surface area (Å²) in [5.74, 6) is 1.20. The number of rotatable bonds is 9. The topological polar surface area (TPSA) is 44.8 Å². The maximum atomic E-state index is 10.8. The molecule has 0 saturated carbocycles. The van der Waals surface area contributed by atoms with Crippen molar-refractivity contribution in [3.63, 3.8) is 0 Å². The zero-order valence-corrected chi connectivity index (χ0v) is 12.7. The molecule has 4 heteroatoms. The Morgan fingerprint density at radius 2 is 1.82 bits per heavy atom. The van der Waals surface area contributed by atoms with E-state index in [9.17, 15) is 4.79 Å². The van der Waals surface area contributed by atoms with Crippen molar-refractivity contribution in [1.29, 1.82) is 0 Å². The summed E-state index contributed by atoms with van der Waals surface area (Å²) in [7, 11) is 1.58. The van der Waals surface area contributed by atoms with E-state index in [1.54, 1.807) is 25.3 Å². The van der Waals surface area contributed by atoms with Crippen LogP contribution in [0.25, 0.3) is 0 Å². The van der Waals surface area contributed by atoms with Crippen molar-refractivity contribution in [1.82, 2.24) is 0 Å². The Morgan fingerprint density at radius 3 is 2.55 bits per heavy atom. The maximum absolute atomic E-state index is 10.8. The molecule has 0 bridgehead atoms. The summed E-state index contributed by atoms with van der Waals surface area (Å²) in [5, 5.41) is 0. The second-order valence-corrected chi connectivity index (χ2v) is 4.77. The number of aldehydes is 1. The van der Waals surface area contributed by atoms with E-state index < -0.39 is 0 Å². The molecule has 2 aromatic carbocycles. The lowest BCUT2D eigenvalue weighted by atomic mass is 10.2. The highest BCUT2D eigenvalue weighted by Crippen LogP contribution is 2.27. The van der Waals surface area contributed by atoms with Crippen LogP contribution in [-0.2, 0) is 11.3 Å². The molecule has 0 aliphatic rings. The van der Waals surface area contributed by atoms with Gasteiger partial charge in [0.05, 0.1) is 26.9 Å². The molecule has 4 nitrogen and oxygen atoms in total. The molecule has 0 atom stereocenters. The highest BCUT2D eigenvalue weighted by molar-refractivity contribution is 5.76. The summed E-state index contributed by atoms with van der Waals surface area (Å²) in [6, 6.07) is 15.1. The fourth-order valence-corrected chi connectivity index (χ4v) is 1.99. The van der Waals surface area contributed by atoms with Crippen LogP contribution in [0.1, 0.15) is 22.3 Å². The van der Waals surface area contributed by atoms with Crippen LogP contribution in [0.3, 0.4) is 0 Å². The minimum absolute atomic E-state index is 0.507. The lowest BCUT2D eigenvalue weighted by Gasteiger charge is -2.11. The minimum atomic E-state index is 0.507. The Balaban J connectivity index is 1.71. The molecule has 2 aromatic rings. The Morgan fingerprint density at radius 1 is 1.00 bits per heavy atom. The lowest BCUT2D eigenvalue weighted by Crippen LogP contribution is -2.04. The van der Waals surface area contributed by atoms with Crippen molar-refractivity contribution in [2.24, 2.45) is 0 Å². The van der Waals surface area contributed by atoms with Gasteiger partial charge < -0.3 is 14.2 Å². The first-order valence-corrected chi connectivity index (χ1v) is 7.21. The molecular formula is C18H20O4. The van der Waals surface area contributed by atoms with Gasteiger partial charge in [-0.1, -0.05) is 30.3 Å². The van der Waals surface area contributed by atoms with Crippen LogP contribution in [0.4, 0.5) is 0 Å². The van der Waals surface area contributed by atoms with Gasteiger partial charge in [-0.05, 0) is 23.8 Å². The second kappa shape index (κ2) is 8.85. The molecule has 0 aliphatic heterocycles. The van der Waals surface area contributed by atoms with Crippen LogP contribution in [0, 0.1) is 0 Å². The monoisotopic (exact) mass is 300 g/mol. The zero-order chi connectivity index (χ0) is 15.6. The van der Waals surface area contributed by atoms with Crippen LogP contribution < -0.4 is 9.47 Å². The third kappa shape index (κ3) is 4.90. The quantitative estimate of drug-likeness (QED) is 0.525. The van der Waals surface area contributed by atoms with E-state index in [1.807, 2.05) is 30.3 Å². The largest absolute Gasteiger partial charge is 0.493 e. The zero-order valence-electron chi connectivity index (χ0n) is 12.7.